The summed E-state index contributed by atoms with van der Waals surface area (Å²) >= 11 is 0. The van der Waals surface area contributed by atoms with Crippen molar-refractivity contribution in [2.45, 2.75) is 12.1 Å². The average Bonchev–Trinajstić information content (AvgIpc) is 1.89. The highest BCUT2D eigenvalue weighted by atomic mass is 28.2. The molecule has 0 fully saturated rings. The maximum Gasteiger partial charge on any atom is 0.0433 e. The predicted molar refractivity (Wildman–Crippen MR) is 41.9 cm³/mol. The molecule has 0 bridgehead atoms. The Balaban J connectivity index is 2.60. The van der Waals surface area contributed by atoms with Crippen molar-refractivity contribution in [2.75, 3.05) is 27.4 Å². The molecule has 0 saturated carbocycles. The van der Waals surface area contributed by atoms with Crippen LogP contribution in [0.25, 0.3) is 0 Å². The molecular weight excluding hydrogens is 132 g/mol. The molecule has 56 valence electrons. The van der Waals surface area contributed by atoms with E-state index in [-0.39, 0.29) is 9.52 Å². The van der Waals surface area contributed by atoms with Crippen LogP contribution in [0.4, 0.5) is 0 Å². The quantitative estimate of drug-likeness (QED) is 0.398. The summed E-state index contributed by atoms with van der Waals surface area (Å²) in [5.41, 5.74) is 0. The molecule has 0 aliphatic heterocycles. The van der Waals surface area contributed by atoms with Crippen molar-refractivity contribution < 1.29 is 9.47 Å². The Morgan fingerprint density at radius 2 is 1.44 bits per heavy atom. The van der Waals surface area contributed by atoms with E-state index in [0.29, 0.717) is 0 Å². The van der Waals surface area contributed by atoms with Gasteiger partial charge in [0.15, 0.2) is 0 Å². The molecular formula is C6H16O2Si. The van der Waals surface area contributed by atoms with Crippen LogP contribution in [-0.4, -0.2) is 37.0 Å². The summed E-state index contributed by atoms with van der Waals surface area (Å²) in [5, 5.41) is 0. The topological polar surface area (TPSA) is 18.5 Å². The lowest BCUT2D eigenvalue weighted by Crippen LogP contribution is -1.99. The van der Waals surface area contributed by atoms with Crippen molar-refractivity contribution in [1.82, 2.24) is 0 Å². The molecule has 0 N–H and O–H groups in total. The van der Waals surface area contributed by atoms with Crippen LogP contribution in [0.5, 0.6) is 0 Å². The van der Waals surface area contributed by atoms with Gasteiger partial charge in [-0.15, -0.1) is 0 Å². The van der Waals surface area contributed by atoms with Crippen LogP contribution in [0.15, 0.2) is 0 Å². The van der Waals surface area contributed by atoms with E-state index in [9.17, 15) is 0 Å². The third-order valence-corrected chi connectivity index (χ3v) is 2.77. The van der Waals surface area contributed by atoms with E-state index in [2.05, 4.69) is 0 Å². The van der Waals surface area contributed by atoms with Gasteiger partial charge in [0.1, 0.15) is 0 Å². The van der Waals surface area contributed by atoms with E-state index in [0.717, 1.165) is 13.2 Å². The molecule has 0 aromatic rings. The van der Waals surface area contributed by atoms with Gasteiger partial charge in [0, 0.05) is 37.0 Å². The van der Waals surface area contributed by atoms with Crippen LogP contribution in [-0.2, 0) is 9.47 Å². The SMILES string of the molecule is COCC[SiH2]CCOC. The Labute approximate surface area is 59.4 Å². The Hall–Kier alpha value is 0.137. The fourth-order valence-corrected chi connectivity index (χ4v) is 2.01. The number of hydrogen-bond donors (Lipinski definition) is 0. The lowest BCUT2D eigenvalue weighted by molar-refractivity contribution is 0.210. The first-order valence-corrected chi connectivity index (χ1v) is 5.39. The summed E-state index contributed by atoms with van der Waals surface area (Å²) in [6.45, 7) is 1.88. The van der Waals surface area contributed by atoms with E-state index in [4.69, 9.17) is 9.47 Å². The molecule has 3 heteroatoms. The Morgan fingerprint density at radius 3 is 1.78 bits per heavy atom. The summed E-state index contributed by atoms with van der Waals surface area (Å²) in [6.07, 6.45) is 0. The highest BCUT2D eigenvalue weighted by molar-refractivity contribution is 6.35. The van der Waals surface area contributed by atoms with E-state index < -0.39 is 0 Å². The fraction of sp³-hybridized carbons (Fsp3) is 1.00. The third-order valence-electron chi connectivity index (χ3n) is 1.20. The molecule has 0 heterocycles. The standard InChI is InChI=1S/C6H16O2Si/c1-7-3-5-9-6-4-8-2/h3-6,9H2,1-2H3. The lowest BCUT2D eigenvalue weighted by atomic mass is 10.8. The van der Waals surface area contributed by atoms with Gasteiger partial charge in [0.2, 0.25) is 0 Å². The van der Waals surface area contributed by atoms with Crippen LogP contribution in [0.1, 0.15) is 0 Å². The second kappa shape index (κ2) is 8.14. The maximum absolute atomic E-state index is 4.92. The lowest BCUT2D eigenvalue weighted by Gasteiger charge is -1.97. The minimum Gasteiger partial charge on any atom is -0.385 e. The van der Waals surface area contributed by atoms with Gasteiger partial charge < -0.3 is 9.47 Å². The van der Waals surface area contributed by atoms with Crippen molar-refractivity contribution in [3.8, 4) is 0 Å². The van der Waals surface area contributed by atoms with E-state index in [1.807, 2.05) is 0 Å². The Bertz CT molecular complexity index is 44.3. The largest absolute Gasteiger partial charge is 0.385 e. The number of rotatable bonds is 6. The van der Waals surface area contributed by atoms with Crippen molar-refractivity contribution in [3.63, 3.8) is 0 Å². The van der Waals surface area contributed by atoms with Crippen molar-refractivity contribution in [3.05, 3.63) is 0 Å². The smallest absolute Gasteiger partial charge is 0.0433 e. The molecule has 0 amide bonds. The molecule has 2 nitrogen and oxygen atoms in total. The molecule has 0 aromatic heterocycles. The van der Waals surface area contributed by atoms with E-state index in [1.165, 1.54) is 12.1 Å². The van der Waals surface area contributed by atoms with Gasteiger partial charge in [0.05, 0.1) is 0 Å². The Morgan fingerprint density at radius 1 is 1.00 bits per heavy atom. The van der Waals surface area contributed by atoms with Gasteiger partial charge in [-0.3, -0.25) is 0 Å². The number of hydrogen-bond acceptors (Lipinski definition) is 2. The van der Waals surface area contributed by atoms with Crippen molar-refractivity contribution in [2.24, 2.45) is 0 Å². The van der Waals surface area contributed by atoms with Crippen LogP contribution in [0.3, 0.4) is 0 Å². The third kappa shape index (κ3) is 8.14. The molecule has 0 spiro atoms. The van der Waals surface area contributed by atoms with Gasteiger partial charge in [-0.05, 0) is 12.1 Å². The fourth-order valence-electron chi connectivity index (χ4n) is 0.670. The second-order valence-electron chi connectivity index (χ2n) is 2.05. The zero-order chi connectivity index (χ0) is 6.95. The van der Waals surface area contributed by atoms with Crippen LogP contribution in [0.2, 0.25) is 12.1 Å². The maximum atomic E-state index is 4.92. The molecule has 0 aromatic carbocycles. The molecule has 0 rings (SSSR count). The summed E-state index contributed by atoms with van der Waals surface area (Å²) in [4.78, 5) is 0. The van der Waals surface area contributed by atoms with Crippen molar-refractivity contribution in [1.29, 1.82) is 0 Å². The zero-order valence-corrected chi connectivity index (χ0v) is 7.77. The van der Waals surface area contributed by atoms with E-state index in [1.54, 1.807) is 14.2 Å². The molecule has 0 unspecified atom stereocenters. The number of methoxy groups -OCH3 is 2. The first-order chi connectivity index (χ1) is 4.41. The first kappa shape index (κ1) is 9.14. The minimum absolute atomic E-state index is 0.139. The van der Waals surface area contributed by atoms with Gasteiger partial charge >= 0.3 is 0 Å². The van der Waals surface area contributed by atoms with Gasteiger partial charge in [-0.2, -0.15) is 0 Å². The Kier molecular flexibility index (Phi) is 8.26. The molecule has 9 heavy (non-hydrogen) atoms. The predicted octanol–water partition coefficient (Wildman–Crippen LogP) is 0.285. The number of ether oxygens (including phenoxy) is 2. The highest BCUT2D eigenvalue weighted by Gasteiger charge is 1.87. The first-order valence-electron chi connectivity index (χ1n) is 3.39. The average molecular weight is 148 g/mol. The summed E-state index contributed by atoms with van der Waals surface area (Å²) in [5.74, 6) is 0. The monoisotopic (exact) mass is 148 g/mol. The van der Waals surface area contributed by atoms with E-state index >= 15 is 0 Å². The molecule has 0 saturated heterocycles. The molecule has 0 aliphatic rings. The molecule has 0 aliphatic carbocycles. The van der Waals surface area contributed by atoms with Gasteiger partial charge in [0.25, 0.3) is 0 Å². The van der Waals surface area contributed by atoms with Crippen LogP contribution in [0, 0.1) is 0 Å². The van der Waals surface area contributed by atoms with Crippen LogP contribution >= 0.6 is 0 Å². The molecule has 0 atom stereocenters. The van der Waals surface area contributed by atoms with Gasteiger partial charge in [-0.1, -0.05) is 0 Å². The summed E-state index contributed by atoms with van der Waals surface area (Å²) in [7, 11) is 3.65. The van der Waals surface area contributed by atoms with Gasteiger partial charge in [-0.25, -0.2) is 0 Å². The zero-order valence-electron chi connectivity index (χ0n) is 6.35. The van der Waals surface area contributed by atoms with Crippen molar-refractivity contribution >= 4 is 9.52 Å². The normalized spacial score (nSPS) is 10.0. The summed E-state index contributed by atoms with van der Waals surface area (Å²) in [6, 6.07) is 2.58. The highest BCUT2D eigenvalue weighted by Crippen LogP contribution is 1.85. The van der Waals surface area contributed by atoms with Crippen LogP contribution < -0.4 is 0 Å². The minimum atomic E-state index is 0.139. The summed E-state index contributed by atoms with van der Waals surface area (Å²) < 4.78 is 9.83. The second-order valence-corrected chi connectivity index (χ2v) is 4.17. The molecule has 0 radical (unpaired) electrons.